The van der Waals surface area contributed by atoms with Gasteiger partial charge in [-0.2, -0.15) is 0 Å². The van der Waals surface area contributed by atoms with Crippen molar-refractivity contribution in [1.29, 1.82) is 0 Å². The molecule has 2 unspecified atom stereocenters. The molecule has 0 saturated heterocycles. The molecule has 2 rings (SSSR count). The molecule has 1 saturated carbocycles. The van der Waals surface area contributed by atoms with Crippen LogP contribution >= 0.6 is 0 Å². The van der Waals surface area contributed by atoms with Crippen molar-refractivity contribution in [3.63, 3.8) is 0 Å². The SMILES string of the molecule is COc1cc(OC2CC(C)CC(C)C2)cc(/C(N)=N/O)c1. The van der Waals surface area contributed by atoms with E-state index in [0.717, 1.165) is 12.8 Å². The van der Waals surface area contributed by atoms with Gasteiger partial charge in [-0.1, -0.05) is 19.0 Å². The van der Waals surface area contributed by atoms with E-state index in [1.54, 1.807) is 19.2 Å². The second-order valence-electron chi connectivity index (χ2n) is 6.04. The first-order valence-corrected chi connectivity index (χ1v) is 7.35. The Bertz CT molecular complexity index is 506. The molecule has 0 amide bonds. The molecular weight excluding hydrogens is 268 g/mol. The zero-order valence-corrected chi connectivity index (χ0v) is 12.9. The molecule has 2 atom stereocenters. The predicted octanol–water partition coefficient (Wildman–Crippen LogP) is 2.99. The van der Waals surface area contributed by atoms with Crippen LogP contribution in [0.3, 0.4) is 0 Å². The molecule has 116 valence electrons. The number of oxime groups is 1. The van der Waals surface area contributed by atoms with Crippen molar-refractivity contribution < 1.29 is 14.7 Å². The maximum atomic E-state index is 8.81. The van der Waals surface area contributed by atoms with Crippen molar-refractivity contribution in [3.8, 4) is 11.5 Å². The van der Waals surface area contributed by atoms with Crippen molar-refractivity contribution >= 4 is 5.84 Å². The lowest BCUT2D eigenvalue weighted by Gasteiger charge is -2.31. The van der Waals surface area contributed by atoms with Crippen LogP contribution in [0.1, 0.15) is 38.7 Å². The van der Waals surface area contributed by atoms with Crippen LogP contribution in [0.4, 0.5) is 0 Å². The molecule has 1 aliphatic carbocycles. The third-order valence-corrected chi connectivity index (χ3v) is 3.96. The summed E-state index contributed by atoms with van der Waals surface area (Å²) in [7, 11) is 1.58. The number of nitrogens with two attached hydrogens (primary N) is 1. The van der Waals surface area contributed by atoms with Crippen LogP contribution in [-0.2, 0) is 0 Å². The van der Waals surface area contributed by atoms with Gasteiger partial charge in [0.15, 0.2) is 5.84 Å². The van der Waals surface area contributed by atoms with Gasteiger partial charge in [0.2, 0.25) is 0 Å². The third kappa shape index (κ3) is 4.03. The Labute approximate surface area is 125 Å². The van der Waals surface area contributed by atoms with Crippen molar-refractivity contribution in [1.82, 2.24) is 0 Å². The molecule has 1 fully saturated rings. The second-order valence-corrected chi connectivity index (χ2v) is 6.04. The number of nitrogens with zero attached hydrogens (tertiary/aromatic N) is 1. The molecule has 1 aromatic carbocycles. The summed E-state index contributed by atoms with van der Waals surface area (Å²) in [5, 5.41) is 11.8. The van der Waals surface area contributed by atoms with E-state index in [-0.39, 0.29) is 11.9 Å². The average Bonchev–Trinajstić information content (AvgIpc) is 2.44. The van der Waals surface area contributed by atoms with Crippen LogP contribution in [-0.4, -0.2) is 24.3 Å². The molecule has 1 aliphatic rings. The Hall–Kier alpha value is -1.91. The fraction of sp³-hybridized carbons (Fsp3) is 0.562. The smallest absolute Gasteiger partial charge is 0.170 e. The maximum absolute atomic E-state index is 8.81. The van der Waals surface area contributed by atoms with Crippen LogP contribution in [0.5, 0.6) is 11.5 Å². The van der Waals surface area contributed by atoms with E-state index in [4.69, 9.17) is 20.4 Å². The minimum atomic E-state index is 0.0455. The summed E-state index contributed by atoms with van der Waals surface area (Å²) in [4.78, 5) is 0. The highest BCUT2D eigenvalue weighted by Crippen LogP contribution is 2.32. The standard InChI is InChI=1S/C16H24N2O3/c1-10-4-11(2)6-14(5-10)21-15-8-12(16(17)18-19)7-13(9-15)20-3/h7-11,14,19H,4-6H2,1-3H3,(H2,17,18). The second kappa shape index (κ2) is 6.70. The van der Waals surface area contributed by atoms with Crippen LogP contribution in [0.25, 0.3) is 0 Å². The van der Waals surface area contributed by atoms with Gasteiger partial charge in [0.05, 0.1) is 13.2 Å². The maximum Gasteiger partial charge on any atom is 0.170 e. The average molecular weight is 292 g/mol. The Kier molecular flexibility index (Phi) is 4.94. The molecule has 3 N–H and O–H groups in total. The lowest BCUT2D eigenvalue weighted by Crippen LogP contribution is -2.28. The highest BCUT2D eigenvalue weighted by atomic mass is 16.5. The number of hydrogen-bond acceptors (Lipinski definition) is 4. The molecule has 0 spiro atoms. The van der Waals surface area contributed by atoms with E-state index in [1.807, 2.05) is 6.07 Å². The minimum absolute atomic E-state index is 0.0455. The quantitative estimate of drug-likeness (QED) is 0.387. The van der Waals surface area contributed by atoms with Gasteiger partial charge in [-0.3, -0.25) is 0 Å². The first-order valence-electron chi connectivity index (χ1n) is 7.35. The van der Waals surface area contributed by atoms with Crippen molar-refractivity contribution in [2.75, 3.05) is 7.11 Å². The van der Waals surface area contributed by atoms with Gasteiger partial charge in [0.1, 0.15) is 11.5 Å². The van der Waals surface area contributed by atoms with Crippen LogP contribution < -0.4 is 15.2 Å². The molecule has 0 bridgehead atoms. The van der Waals surface area contributed by atoms with E-state index in [9.17, 15) is 0 Å². The summed E-state index contributed by atoms with van der Waals surface area (Å²) in [6, 6.07) is 5.33. The number of ether oxygens (including phenoxy) is 2. The Morgan fingerprint density at radius 1 is 1.14 bits per heavy atom. The molecular formula is C16H24N2O3. The first kappa shape index (κ1) is 15.5. The van der Waals surface area contributed by atoms with E-state index < -0.39 is 0 Å². The Balaban J connectivity index is 2.19. The van der Waals surface area contributed by atoms with Crippen molar-refractivity contribution in [3.05, 3.63) is 23.8 Å². The lowest BCUT2D eigenvalue weighted by molar-refractivity contribution is 0.101. The molecule has 0 aliphatic heterocycles. The number of methoxy groups -OCH3 is 1. The zero-order chi connectivity index (χ0) is 15.4. The summed E-state index contributed by atoms with van der Waals surface area (Å²) >= 11 is 0. The summed E-state index contributed by atoms with van der Waals surface area (Å²) in [6.45, 7) is 4.53. The number of hydrogen-bond donors (Lipinski definition) is 2. The van der Waals surface area contributed by atoms with Crippen LogP contribution in [0.2, 0.25) is 0 Å². The fourth-order valence-corrected chi connectivity index (χ4v) is 3.13. The van der Waals surface area contributed by atoms with Crippen LogP contribution in [0, 0.1) is 11.8 Å². The summed E-state index contributed by atoms with van der Waals surface area (Å²) in [6.07, 6.45) is 3.57. The molecule has 0 aromatic heterocycles. The predicted molar refractivity (Wildman–Crippen MR) is 82.1 cm³/mol. The Morgan fingerprint density at radius 2 is 1.76 bits per heavy atom. The molecule has 21 heavy (non-hydrogen) atoms. The highest BCUT2D eigenvalue weighted by Gasteiger charge is 2.25. The van der Waals surface area contributed by atoms with Gasteiger partial charge in [-0.05, 0) is 43.2 Å². The molecule has 5 heteroatoms. The van der Waals surface area contributed by atoms with Gasteiger partial charge < -0.3 is 20.4 Å². The number of rotatable bonds is 4. The third-order valence-electron chi connectivity index (χ3n) is 3.96. The Morgan fingerprint density at radius 3 is 2.33 bits per heavy atom. The largest absolute Gasteiger partial charge is 0.497 e. The van der Waals surface area contributed by atoms with Gasteiger partial charge in [-0.15, -0.1) is 0 Å². The van der Waals surface area contributed by atoms with E-state index in [0.29, 0.717) is 28.9 Å². The summed E-state index contributed by atoms with van der Waals surface area (Å²) in [5.41, 5.74) is 6.24. The molecule has 0 radical (unpaired) electrons. The molecule has 0 heterocycles. The van der Waals surface area contributed by atoms with Gasteiger partial charge in [-0.25, -0.2) is 0 Å². The number of amidine groups is 1. The molecule has 1 aromatic rings. The minimum Gasteiger partial charge on any atom is -0.497 e. The fourth-order valence-electron chi connectivity index (χ4n) is 3.13. The van der Waals surface area contributed by atoms with Gasteiger partial charge >= 0.3 is 0 Å². The lowest BCUT2D eigenvalue weighted by atomic mass is 9.82. The monoisotopic (exact) mass is 292 g/mol. The highest BCUT2D eigenvalue weighted by molar-refractivity contribution is 5.97. The van der Waals surface area contributed by atoms with Crippen LogP contribution in [0.15, 0.2) is 23.4 Å². The summed E-state index contributed by atoms with van der Waals surface area (Å²) in [5.74, 6) is 2.72. The van der Waals surface area contributed by atoms with Crippen molar-refractivity contribution in [2.45, 2.75) is 39.2 Å². The van der Waals surface area contributed by atoms with Gasteiger partial charge in [0.25, 0.3) is 0 Å². The number of benzene rings is 1. The summed E-state index contributed by atoms with van der Waals surface area (Å²) < 4.78 is 11.4. The van der Waals surface area contributed by atoms with E-state index in [2.05, 4.69) is 19.0 Å². The topological polar surface area (TPSA) is 77.1 Å². The normalized spacial score (nSPS) is 26.4. The first-order chi connectivity index (χ1) is 10.0. The van der Waals surface area contributed by atoms with E-state index in [1.165, 1.54) is 6.42 Å². The van der Waals surface area contributed by atoms with Gasteiger partial charge in [0, 0.05) is 11.6 Å². The van der Waals surface area contributed by atoms with E-state index >= 15 is 0 Å². The van der Waals surface area contributed by atoms with Crippen molar-refractivity contribution in [2.24, 2.45) is 22.7 Å². The zero-order valence-electron chi connectivity index (χ0n) is 12.9. The molecule has 5 nitrogen and oxygen atoms in total.